The Balaban J connectivity index is 1.62. The summed E-state index contributed by atoms with van der Waals surface area (Å²) >= 11 is 1.70. The smallest absolute Gasteiger partial charge is 0.0897 e. The Bertz CT molecular complexity index is 753. The van der Waals surface area contributed by atoms with Gasteiger partial charge in [-0.15, -0.1) is 11.3 Å². The molecule has 1 aromatic carbocycles. The third-order valence-electron chi connectivity index (χ3n) is 3.75. The predicted molar refractivity (Wildman–Crippen MR) is 95.8 cm³/mol. The van der Waals surface area contributed by atoms with Gasteiger partial charge >= 0.3 is 0 Å². The molecule has 1 N–H and O–H groups in total. The monoisotopic (exact) mass is 342 g/mol. The minimum Gasteiger partial charge on any atom is -0.395 e. The lowest BCUT2D eigenvalue weighted by Crippen LogP contribution is -2.25. The Morgan fingerprint density at radius 3 is 2.67 bits per heavy atom. The fraction of sp³-hybridized carbons (Fsp3) is 0.333. The molecule has 0 atom stereocenters. The molecule has 6 heteroatoms. The van der Waals surface area contributed by atoms with E-state index < -0.39 is 0 Å². The minimum atomic E-state index is 0.149. The van der Waals surface area contributed by atoms with Gasteiger partial charge in [0.25, 0.3) is 0 Å². The summed E-state index contributed by atoms with van der Waals surface area (Å²) in [5, 5.41) is 14.9. The van der Waals surface area contributed by atoms with Crippen LogP contribution in [0.3, 0.4) is 0 Å². The van der Waals surface area contributed by atoms with Gasteiger partial charge in [-0.25, -0.2) is 4.98 Å². The molecule has 2 heterocycles. The van der Waals surface area contributed by atoms with Crippen molar-refractivity contribution in [3.63, 3.8) is 0 Å². The molecule has 0 fully saturated rings. The highest BCUT2D eigenvalue weighted by Gasteiger charge is 2.10. The number of hydrogen-bond acceptors (Lipinski definition) is 5. The Morgan fingerprint density at radius 2 is 1.96 bits per heavy atom. The highest BCUT2D eigenvalue weighted by atomic mass is 32.1. The number of aliphatic hydroxyl groups excluding tert-OH is 1. The first kappa shape index (κ1) is 16.8. The summed E-state index contributed by atoms with van der Waals surface area (Å²) in [7, 11) is 0. The molecule has 0 bridgehead atoms. The van der Waals surface area contributed by atoms with E-state index in [0.29, 0.717) is 6.54 Å². The zero-order valence-corrected chi connectivity index (χ0v) is 14.6. The molecule has 0 saturated carbocycles. The van der Waals surface area contributed by atoms with Crippen LogP contribution in [0.4, 0.5) is 0 Å². The molecule has 0 amide bonds. The molecular formula is C18H22N4OS. The molecule has 126 valence electrons. The molecule has 3 rings (SSSR count). The van der Waals surface area contributed by atoms with Crippen molar-refractivity contribution in [2.24, 2.45) is 0 Å². The quantitative estimate of drug-likeness (QED) is 0.684. The number of hydrogen-bond donors (Lipinski definition) is 1. The Kier molecular flexibility index (Phi) is 5.74. The number of aromatic nitrogens is 3. The fourth-order valence-corrected chi connectivity index (χ4v) is 3.49. The van der Waals surface area contributed by atoms with Gasteiger partial charge < -0.3 is 5.11 Å². The van der Waals surface area contributed by atoms with Gasteiger partial charge in [0.1, 0.15) is 0 Å². The molecule has 0 aliphatic rings. The van der Waals surface area contributed by atoms with Crippen LogP contribution in [0.2, 0.25) is 0 Å². The van der Waals surface area contributed by atoms with Gasteiger partial charge in [0.15, 0.2) is 0 Å². The van der Waals surface area contributed by atoms with E-state index in [4.69, 9.17) is 0 Å². The number of nitrogens with zero attached hydrogens (tertiary/aromatic N) is 4. The van der Waals surface area contributed by atoms with Crippen molar-refractivity contribution in [1.82, 2.24) is 19.7 Å². The summed E-state index contributed by atoms with van der Waals surface area (Å²) < 4.78 is 1.96. The van der Waals surface area contributed by atoms with E-state index in [-0.39, 0.29) is 6.61 Å². The number of benzene rings is 1. The lowest BCUT2D eigenvalue weighted by atomic mass is 10.2. The van der Waals surface area contributed by atoms with Crippen LogP contribution in [0.5, 0.6) is 0 Å². The summed E-state index contributed by atoms with van der Waals surface area (Å²) in [6, 6.07) is 10.3. The maximum atomic E-state index is 9.32. The average Bonchev–Trinajstić information content (AvgIpc) is 3.18. The highest BCUT2D eigenvalue weighted by molar-refractivity contribution is 7.11. The Hall–Kier alpha value is -2.02. The van der Waals surface area contributed by atoms with E-state index in [1.807, 2.05) is 42.2 Å². The van der Waals surface area contributed by atoms with Crippen LogP contribution in [0, 0.1) is 6.92 Å². The maximum absolute atomic E-state index is 9.32. The van der Waals surface area contributed by atoms with Crippen LogP contribution >= 0.6 is 11.3 Å². The molecule has 0 saturated heterocycles. The molecule has 2 aromatic heterocycles. The van der Waals surface area contributed by atoms with E-state index >= 15 is 0 Å². The lowest BCUT2D eigenvalue weighted by molar-refractivity contribution is 0.185. The molecule has 5 nitrogen and oxygen atoms in total. The molecule has 0 aliphatic heterocycles. The van der Waals surface area contributed by atoms with Crippen molar-refractivity contribution in [3.05, 3.63) is 69.9 Å². The van der Waals surface area contributed by atoms with Gasteiger partial charge in [0, 0.05) is 42.5 Å². The van der Waals surface area contributed by atoms with E-state index in [9.17, 15) is 5.11 Å². The van der Waals surface area contributed by atoms with Crippen LogP contribution in [0.1, 0.15) is 21.0 Å². The van der Waals surface area contributed by atoms with Crippen LogP contribution in [0.15, 0.2) is 48.9 Å². The minimum absolute atomic E-state index is 0.149. The van der Waals surface area contributed by atoms with Crippen molar-refractivity contribution >= 4 is 11.3 Å². The van der Waals surface area contributed by atoms with Gasteiger partial charge in [-0.2, -0.15) is 5.10 Å². The molecule has 24 heavy (non-hydrogen) atoms. The van der Waals surface area contributed by atoms with Crippen molar-refractivity contribution in [2.45, 2.75) is 26.6 Å². The van der Waals surface area contributed by atoms with Gasteiger partial charge in [-0.3, -0.25) is 9.58 Å². The van der Waals surface area contributed by atoms with Crippen molar-refractivity contribution in [3.8, 4) is 0 Å². The van der Waals surface area contributed by atoms with E-state index in [2.05, 4.69) is 33.3 Å². The number of rotatable bonds is 8. The van der Waals surface area contributed by atoms with Crippen LogP contribution in [-0.2, 0) is 19.6 Å². The third-order valence-corrected chi connectivity index (χ3v) is 4.64. The summed E-state index contributed by atoms with van der Waals surface area (Å²) in [4.78, 5) is 7.74. The summed E-state index contributed by atoms with van der Waals surface area (Å²) in [6.45, 7) is 5.14. The first-order valence-corrected chi connectivity index (χ1v) is 8.84. The highest BCUT2D eigenvalue weighted by Crippen LogP contribution is 2.16. The lowest BCUT2D eigenvalue weighted by Gasteiger charge is -2.19. The molecule has 0 spiro atoms. The van der Waals surface area contributed by atoms with Crippen LogP contribution in [-0.4, -0.2) is 37.9 Å². The zero-order chi connectivity index (χ0) is 16.8. The SMILES string of the molecule is Cc1ncc(CN(CCO)Cc2cnn(Cc3ccccc3)c2)s1. The number of aliphatic hydroxyl groups is 1. The normalized spacial score (nSPS) is 11.3. The van der Waals surface area contributed by atoms with E-state index in [1.165, 1.54) is 10.4 Å². The third kappa shape index (κ3) is 4.74. The molecular weight excluding hydrogens is 320 g/mol. The number of aryl methyl sites for hydroxylation is 1. The van der Waals surface area contributed by atoms with E-state index in [0.717, 1.165) is 30.2 Å². The van der Waals surface area contributed by atoms with Crippen molar-refractivity contribution in [1.29, 1.82) is 0 Å². The fourth-order valence-electron chi connectivity index (χ4n) is 2.66. The summed E-state index contributed by atoms with van der Waals surface area (Å²) in [5.74, 6) is 0. The molecule has 0 unspecified atom stereocenters. The largest absolute Gasteiger partial charge is 0.395 e. The first-order chi connectivity index (χ1) is 11.7. The van der Waals surface area contributed by atoms with Crippen molar-refractivity contribution in [2.75, 3.05) is 13.2 Å². The topological polar surface area (TPSA) is 54.2 Å². The predicted octanol–water partition coefficient (Wildman–Crippen LogP) is 2.69. The average molecular weight is 342 g/mol. The van der Waals surface area contributed by atoms with E-state index in [1.54, 1.807) is 11.3 Å². The van der Waals surface area contributed by atoms with Crippen molar-refractivity contribution < 1.29 is 5.11 Å². The number of thiazole rings is 1. The second-order valence-electron chi connectivity index (χ2n) is 5.81. The standard InChI is InChI=1S/C18H22N4OS/c1-15-19-10-18(24-15)14-21(7-8-23)11-17-9-20-22(13-17)12-16-5-3-2-4-6-16/h2-6,9-10,13,23H,7-8,11-12,14H2,1H3. The summed E-state index contributed by atoms with van der Waals surface area (Å²) in [6.07, 6.45) is 5.91. The second kappa shape index (κ2) is 8.19. The Labute approximate surface area is 146 Å². The maximum Gasteiger partial charge on any atom is 0.0897 e. The molecule has 0 radical (unpaired) electrons. The second-order valence-corrected chi connectivity index (χ2v) is 7.13. The molecule has 3 aromatic rings. The first-order valence-electron chi connectivity index (χ1n) is 8.02. The molecule has 0 aliphatic carbocycles. The van der Waals surface area contributed by atoms with Gasteiger partial charge in [0.05, 0.1) is 24.4 Å². The summed E-state index contributed by atoms with van der Waals surface area (Å²) in [5.41, 5.74) is 2.39. The van der Waals surface area contributed by atoms with Gasteiger partial charge in [0.2, 0.25) is 0 Å². The Morgan fingerprint density at radius 1 is 1.12 bits per heavy atom. The van der Waals surface area contributed by atoms with Crippen LogP contribution < -0.4 is 0 Å². The zero-order valence-electron chi connectivity index (χ0n) is 13.8. The van der Waals surface area contributed by atoms with Gasteiger partial charge in [-0.05, 0) is 12.5 Å². The van der Waals surface area contributed by atoms with Crippen LogP contribution in [0.25, 0.3) is 0 Å². The van der Waals surface area contributed by atoms with Gasteiger partial charge in [-0.1, -0.05) is 30.3 Å².